The van der Waals surface area contributed by atoms with Gasteiger partial charge in [-0.15, -0.1) is 17.9 Å². The first-order valence-corrected chi connectivity index (χ1v) is 7.42. The predicted octanol–water partition coefficient (Wildman–Crippen LogP) is 3.04. The molecule has 0 fully saturated rings. The summed E-state index contributed by atoms with van der Waals surface area (Å²) in [5.74, 6) is 0. The number of hydrogen-bond donors (Lipinski definition) is 1. The summed E-state index contributed by atoms with van der Waals surface area (Å²) >= 11 is 1.74. The van der Waals surface area contributed by atoms with Gasteiger partial charge in [0.05, 0.1) is 5.69 Å². The molecular formula is C14H25N3S. The molecule has 0 amide bonds. The Morgan fingerprint density at radius 3 is 2.72 bits per heavy atom. The van der Waals surface area contributed by atoms with E-state index in [0.717, 1.165) is 25.3 Å². The minimum Gasteiger partial charge on any atom is -0.308 e. The zero-order chi connectivity index (χ0) is 13.5. The maximum Gasteiger partial charge on any atom is 0.107 e. The van der Waals surface area contributed by atoms with Gasteiger partial charge in [0.15, 0.2) is 0 Å². The number of nitrogens with one attached hydrogen (secondary N) is 1. The number of nitrogens with zero attached hydrogens (tertiary/aromatic N) is 2. The Morgan fingerprint density at radius 2 is 2.17 bits per heavy atom. The van der Waals surface area contributed by atoms with Gasteiger partial charge in [0.1, 0.15) is 5.01 Å². The predicted molar refractivity (Wildman–Crippen MR) is 79.8 cm³/mol. The Morgan fingerprint density at radius 1 is 1.44 bits per heavy atom. The molecule has 0 bridgehead atoms. The van der Waals surface area contributed by atoms with Crippen LogP contribution in [0.5, 0.6) is 0 Å². The molecule has 4 heteroatoms. The Bertz CT molecular complexity index is 358. The molecule has 102 valence electrons. The first kappa shape index (κ1) is 15.3. The molecule has 18 heavy (non-hydrogen) atoms. The van der Waals surface area contributed by atoms with Crippen LogP contribution in [-0.2, 0) is 13.1 Å². The van der Waals surface area contributed by atoms with Gasteiger partial charge in [-0.25, -0.2) is 4.98 Å². The average molecular weight is 267 g/mol. The smallest absolute Gasteiger partial charge is 0.107 e. The van der Waals surface area contributed by atoms with Gasteiger partial charge in [-0.05, 0) is 13.8 Å². The van der Waals surface area contributed by atoms with E-state index < -0.39 is 0 Å². The third kappa shape index (κ3) is 5.29. The van der Waals surface area contributed by atoms with Crippen molar-refractivity contribution in [3.8, 4) is 0 Å². The van der Waals surface area contributed by atoms with E-state index in [9.17, 15) is 0 Å². The van der Waals surface area contributed by atoms with Crippen LogP contribution in [0.2, 0.25) is 0 Å². The molecule has 0 aliphatic heterocycles. The van der Waals surface area contributed by atoms with Crippen LogP contribution in [0.15, 0.2) is 18.0 Å². The lowest BCUT2D eigenvalue weighted by Gasteiger charge is -2.23. The van der Waals surface area contributed by atoms with Crippen molar-refractivity contribution in [2.45, 2.75) is 52.9 Å². The second kappa shape index (κ2) is 7.67. The van der Waals surface area contributed by atoms with E-state index in [1.165, 1.54) is 5.01 Å². The van der Waals surface area contributed by atoms with Gasteiger partial charge in [0.2, 0.25) is 0 Å². The molecule has 0 aromatic carbocycles. The molecule has 0 saturated carbocycles. The Labute approximate surface area is 115 Å². The maximum absolute atomic E-state index is 4.67. The summed E-state index contributed by atoms with van der Waals surface area (Å²) in [4.78, 5) is 7.03. The summed E-state index contributed by atoms with van der Waals surface area (Å²) in [6, 6.07) is 1.02. The first-order valence-electron chi connectivity index (χ1n) is 6.54. The van der Waals surface area contributed by atoms with Gasteiger partial charge >= 0.3 is 0 Å². The summed E-state index contributed by atoms with van der Waals surface area (Å²) in [7, 11) is 0. The van der Waals surface area contributed by atoms with Gasteiger partial charge in [-0.1, -0.05) is 19.9 Å². The highest BCUT2D eigenvalue weighted by molar-refractivity contribution is 7.09. The van der Waals surface area contributed by atoms with Crippen molar-refractivity contribution in [3.63, 3.8) is 0 Å². The molecule has 0 aliphatic carbocycles. The molecule has 0 saturated heterocycles. The van der Waals surface area contributed by atoms with Crippen molar-refractivity contribution < 1.29 is 0 Å². The molecule has 3 nitrogen and oxygen atoms in total. The Balaban J connectivity index is 2.53. The molecule has 1 aromatic rings. The zero-order valence-electron chi connectivity index (χ0n) is 11.9. The number of thiazole rings is 1. The van der Waals surface area contributed by atoms with Gasteiger partial charge in [0, 0.05) is 37.1 Å². The molecule has 0 radical (unpaired) electrons. The van der Waals surface area contributed by atoms with Crippen molar-refractivity contribution in [1.29, 1.82) is 0 Å². The lowest BCUT2D eigenvalue weighted by atomic mass is 10.3. The van der Waals surface area contributed by atoms with Crippen molar-refractivity contribution in [2.24, 2.45) is 0 Å². The van der Waals surface area contributed by atoms with E-state index in [-0.39, 0.29) is 0 Å². The standard InChI is InChI=1S/C14H25N3S/c1-6-7-17(12(4)5)9-13-10-18-14(16-13)8-15-11(2)3/h6,10-12,15H,1,7-9H2,2-5H3. The fraction of sp³-hybridized carbons (Fsp3) is 0.643. The van der Waals surface area contributed by atoms with Crippen molar-refractivity contribution in [1.82, 2.24) is 15.2 Å². The highest BCUT2D eigenvalue weighted by Gasteiger charge is 2.10. The molecular weight excluding hydrogens is 242 g/mol. The minimum atomic E-state index is 0.505. The number of hydrogen-bond acceptors (Lipinski definition) is 4. The van der Waals surface area contributed by atoms with E-state index in [1.54, 1.807) is 11.3 Å². The van der Waals surface area contributed by atoms with Gasteiger partial charge in [0.25, 0.3) is 0 Å². The van der Waals surface area contributed by atoms with Crippen molar-refractivity contribution in [3.05, 3.63) is 28.7 Å². The lowest BCUT2D eigenvalue weighted by Crippen LogP contribution is -2.30. The van der Waals surface area contributed by atoms with Crippen LogP contribution < -0.4 is 5.32 Å². The SMILES string of the molecule is C=CCN(Cc1csc(CNC(C)C)n1)C(C)C. The summed E-state index contributed by atoms with van der Waals surface area (Å²) in [6.07, 6.45) is 1.95. The Kier molecular flexibility index (Phi) is 6.54. The van der Waals surface area contributed by atoms with E-state index in [4.69, 9.17) is 0 Å². The summed E-state index contributed by atoms with van der Waals surface area (Å²) < 4.78 is 0. The fourth-order valence-corrected chi connectivity index (χ4v) is 2.36. The molecule has 0 atom stereocenters. The lowest BCUT2D eigenvalue weighted by molar-refractivity contribution is 0.235. The average Bonchev–Trinajstić information content (AvgIpc) is 2.73. The van der Waals surface area contributed by atoms with E-state index in [1.807, 2.05) is 6.08 Å². The number of rotatable bonds is 8. The second-order valence-corrected chi connectivity index (χ2v) is 6.02. The van der Waals surface area contributed by atoms with Crippen LogP contribution in [0.4, 0.5) is 0 Å². The Hall–Kier alpha value is -0.710. The van der Waals surface area contributed by atoms with Crippen LogP contribution in [0.3, 0.4) is 0 Å². The molecule has 1 rings (SSSR count). The molecule has 1 N–H and O–H groups in total. The van der Waals surface area contributed by atoms with Gasteiger partial charge in [-0.2, -0.15) is 0 Å². The third-order valence-corrected chi connectivity index (χ3v) is 3.62. The topological polar surface area (TPSA) is 28.2 Å². The second-order valence-electron chi connectivity index (χ2n) is 5.08. The molecule has 1 aromatic heterocycles. The van der Waals surface area contributed by atoms with Crippen molar-refractivity contribution >= 4 is 11.3 Å². The fourth-order valence-electron chi connectivity index (χ4n) is 1.63. The monoisotopic (exact) mass is 267 g/mol. The van der Waals surface area contributed by atoms with E-state index in [2.05, 4.69) is 54.9 Å². The quantitative estimate of drug-likeness (QED) is 0.734. The van der Waals surface area contributed by atoms with Crippen LogP contribution in [0.1, 0.15) is 38.4 Å². The van der Waals surface area contributed by atoms with Crippen molar-refractivity contribution in [2.75, 3.05) is 6.54 Å². The zero-order valence-corrected chi connectivity index (χ0v) is 12.8. The van der Waals surface area contributed by atoms with Gasteiger partial charge in [-0.3, -0.25) is 4.90 Å². The molecule has 1 heterocycles. The highest BCUT2D eigenvalue weighted by Crippen LogP contribution is 2.13. The highest BCUT2D eigenvalue weighted by atomic mass is 32.1. The molecule has 0 spiro atoms. The van der Waals surface area contributed by atoms with E-state index in [0.29, 0.717) is 12.1 Å². The first-order chi connectivity index (χ1) is 8.52. The molecule has 0 aliphatic rings. The summed E-state index contributed by atoms with van der Waals surface area (Å²) in [5.41, 5.74) is 1.16. The van der Waals surface area contributed by atoms with Crippen LogP contribution in [0.25, 0.3) is 0 Å². The van der Waals surface area contributed by atoms with E-state index >= 15 is 0 Å². The molecule has 0 unspecified atom stereocenters. The van der Waals surface area contributed by atoms with Crippen LogP contribution >= 0.6 is 11.3 Å². The van der Waals surface area contributed by atoms with Crippen LogP contribution in [0, 0.1) is 0 Å². The minimum absolute atomic E-state index is 0.505. The summed E-state index contributed by atoms with van der Waals surface area (Å²) in [6.45, 7) is 15.2. The van der Waals surface area contributed by atoms with Crippen LogP contribution in [-0.4, -0.2) is 28.5 Å². The van der Waals surface area contributed by atoms with Gasteiger partial charge < -0.3 is 5.32 Å². The third-order valence-electron chi connectivity index (χ3n) is 2.72. The normalized spacial score (nSPS) is 11.7. The largest absolute Gasteiger partial charge is 0.308 e. The maximum atomic E-state index is 4.67. The summed E-state index contributed by atoms with van der Waals surface area (Å²) in [5, 5.41) is 6.72. The number of aromatic nitrogens is 1.